The molecular weight excluding hydrogens is 344 g/mol. The van der Waals surface area contributed by atoms with Gasteiger partial charge in [-0.15, -0.1) is 0 Å². The number of amides is 1. The number of aryl methyl sites for hydroxylation is 1. The molecule has 0 aliphatic carbocycles. The summed E-state index contributed by atoms with van der Waals surface area (Å²) < 4.78 is 5.59. The first kappa shape index (κ1) is 18.4. The number of carbonyl (C=O) groups excluding carboxylic acids is 1. The Kier molecular flexibility index (Phi) is 6.23. The molecule has 1 aliphatic heterocycles. The lowest BCUT2D eigenvalue weighted by Gasteiger charge is -2.29. The third-order valence-corrected chi connectivity index (χ3v) is 5.03. The molecule has 0 aromatic heterocycles. The van der Waals surface area contributed by atoms with Gasteiger partial charge in [0.05, 0.1) is 0 Å². The molecule has 26 heavy (non-hydrogen) atoms. The number of benzene rings is 2. The topological polar surface area (TPSA) is 41.6 Å². The van der Waals surface area contributed by atoms with Crippen molar-refractivity contribution in [2.45, 2.75) is 26.2 Å². The summed E-state index contributed by atoms with van der Waals surface area (Å²) in [6, 6.07) is 15.3. The van der Waals surface area contributed by atoms with Crippen molar-refractivity contribution in [2.24, 2.45) is 0 Å². The smallest absolute Gasteiger partial charge is 0.262 e. The zero-order valence-corrected chi connectivity index (χ0v) is 15.8. The van der Waals surface area contributed by atoms with Crippen molar-refractivity contribution >= 4 is 28.8 Å². The van der Waals surface area contributed by atoms with E-state index in [1.54, 1.807) is 0 Å². The Morgan fingerprint density at radius 3 is 2.46 bits per heavy atom. The van der Waals surface area contributed by atoms with Crippen molar-refractivity contribution < 1.29 is 9.53 Å². The van der Waals surface area contributed by atoms with Gasteiger partial charge in [0.15, 0.2) is 6.61 Å². The molecule has 3 rings (SSSR count). The largest absolute Gasteiger partial charge is 0.484 e. The molecule has 0 unspecified atom stereocenters. The van der Waals surface area contributed by atoms with Crippen LogP contribution < -0.4 is 10.1 Å². The van der Waals surface area contributed by atoms with Gasteiger partial charge in [-0.1, -0.05) is 30.4 Å². The van der Waals surface area contributed by atoms with Crippen LogP contribution in [0.3, 0.4) is 0 Å². The SMILES string of the molecule is Cc1ccccc1NC(=O)COc1ccc(C(=S)N2CCCCC2)cc1. The van der Waals surface area contributed by atoms with E-state index in [9.17, 15) is 4.79 Å². The summed E-state index contributed by atoms with van der Waals surface area (Å²) in [5.41, 5.74) is 2.86. The van der Waals surface area contributed by atoms with Gasteiger partial charge < -0.3 is 15.0 Å². The van der Waals surface area contributed by atoms with Crippen molar-refractivity contribution in [3.8, 4) is 5.75 Å². The van der Waals surface area contributed by atoms with Gasteiger partial charge in [0.2, 0.25) is 0 Å². The van der Waals surface area contributed by atoms with E-state index in [0.29, 0.717) is 5.75 Å². The van der Waals surface area contributed by atoms with Crippen LogP contribution in [0.2, 0.25) is 0 Å². The Bertz CT molecular complexity index is 768. The Hall–Kier alpha value is -2.40. The lowest BCUT2D eigenvalue weighted by Crippen LogP contribution is -2.34. The fourth-order valence-corrected chi connectivity index (χ4v) is 3.34. The van der Waals surface area contributed by atoms with E-state index in [1.807, 2.05) is 55.5 Å². The summed E-state index contributed by atoms with van der Waals surface area (Å²) >= 11 is 5.60. The molecule has 0 atom stereocenters. The number of thiocarbonyl (C=S) groups is 1. The van der Waals surface area contributed by atoms with Crippen LogP contribution in [0.1, 0.15) is 30.4 Å². The average Bonchev–Trinajstić information content (AvgIpc) is 2.69. The molecule has 2 aromatic carbocycles. The lowest BCUT2D eigenvalue weighted by molar-refractivity contribution is -0.118. The zero-order valence-electron chi connectivity index (χ0n) is 15.0. The number of likely N-dealkylation sites (tertiary alicyclic amines) is 1. The van der Waals surface area contributed by atoms with Crippen molar-refractivity contribution in [3.63, 3.8) is 0 Å². The maximum Gasteiger partial charge on any atom is 0.262 e. The Balaban J connectivity index is 1.52. The first-order chi connectivity index (χ1) is 12.6. The molecule has 1 saturated heterocycles. The maximum atomic E-state index is 12.1. The number of ether oxygens (including phenoxy) is 1. The van der Waals surface area contributed by atoms with E-state index in [0.717, 1.165) is 34.9 Å². The van der Waals surface area contributed by atoms with Gasteiger partial charge in [-0.2, -0.15) is 0 Å². The van der Waals surface area contributed by atoms with Crippen molar-refractivity contribution in [1.82, 2.24) is 4.90 Å². The quantitative estimate of drug-likeness (QED) is 0.804. The summed E-state index contributed by atoms with van der Waals surface area (Å²) in [5.74, 6) is 0.488. The third kappa shape index (κ3) is 4.82. The molecule has 0 radical (unpaired) electrons. The molecule has 1 aliphatic rings. The fraction of sp³-hybridized carbons (Fsp3) is 0.333. The molecule has 1 N–H and O–H groups in total. The molecule has 4 nitrogen and oxygen atoms in total. The van der Waals surface area contributed by atoms with Crippen LogP contribution in [0, 0.1) is 6.92 Å². The Labute approximate surface area is 160 Å². The van der Waals surface area contributed by atoms with Crippen LogP contribution in [-0.2, 0) is 4.79 Å². The second kappa shape index (κ2) is 8.81. The third-order valence-electron chi connectivity index (χ3n) is 4.53. The molecule has 136 valence electrons. The van der Waals surface area contributed by atoms with Crippen LogP contribution in [0.15, 0.2) is 48.5 Å². The minimum Gasteiger partial charge on any atom is -0.484 e. The number of nitrogens with one attached hydrogen (secondary N) is 1. The van der Waals surface area contributed by atoms with Crippen LogP contribution in [0.4, 0.5) is 5.69 Å². The number of carbonyl (C=O) groups is 1. The molecule has 0 saturated carbocycles. The van der Waals surface area contributed by atoms with E-state index < -0.39 is 0 Å². The van der Waals surface area contributed by atoms with Gasteiger partial charge in [-0.3, -0.25) is 4.79 Å². The lowest BCUT2D eigenvalue weighted by atomic mass is 10.1. The molecule has 1 fully saturated rings. The molecule has 2 aromatic rings. The van der Waals surface area contributed by atoms with E-state index in [2.05, 4.69) is 10.2 Å². The summed E-state index contributed by atoms with van der Waals surface area (Å²) in [4.78, 5) is 15.2. The predicted octanol–water partition coefficient (Wildman–Crippen LogP) is 4.17. The summed E-state index contributed by atoms with van der Waals surface area (Å²) in [7, 11) is 0. The van der Waals surface area contributed by atoms with Gasteiger partial charge in [-0.25, -0.2) is 0 Å². The maximum absolute atomic E-state index is 12.1. The molecule has 1 amide bonds. The number of piperidine rings is 1. The van der Waals surface area contributed by atoms with Crippen LogP contribution in [0.5, 0.6) is 5.75 Å². The average molecular weight is 369 g/mol. The van der Waals surface area contributed by atoms with Crippen molar-refractivity contribution in [3.05, 3.63) is 59.7 Å². The Morgan fingerprint density at radius 1 is 1.08 bits per heavy atom. The van der Waals surface area contributed by atoms with Gasteiger partial charge >= 0.3 is 0 Å². The van der Waals surface area contributed by atoms with E-state index in [-0.39, 0.29) is 12.5 Å². The predicted molar refractivity (Wildman–Crippen MR) is 109 cm³/mol. The van der Waals surface area contributed by atoms with Crippen molar-refractivity contribution in [1.29, 1.82) is 0 Å². The first-order valence-corrected chi connectivity index (χ1v) is 9.42. The molecule has 0 spiro atoms. The molecule has 1 heterocycles. The first-order valence-electron chi connectivity index (χ1n) is 9.01. The number of hydrogen-bond donors (Lipinski definition) is 1. The van der Waals surface area contributed by atoms with Crippen LogP contribution >= 0.6 is 12.2 Å². The molecule has 5 heteroatoms. The zero-order chi connectivity index (χ0) is 18.4. The summed E-state index contributed by atoms with van der Waals surface area (Å²) in [6.45, 7) is 4.01. The highest BCUT2D eigenvalue weighted by Gasteiger charge is 2.14. The van der Waals surface area contributed by atoms with Gasteiger partial charge in [0.1, 0.15) is 10.7 Å². The monoisotopic (exact) mass is 368 g/mol. The van der Waals surface area contributed by atoms with Gasteiger partial charge in [0.25, 0.3) is 5.91 Å². The van der Waals surface area contributed by atoms with E-state index in [4.69, 9.17) is 17.0 Å². The highest BCUT2D eigenvalue weighted by Crippen LogP contribution is 2.18. The van der Waals surface area contributed by atoms with Crippen molar-refractivity contribution in [2.75, 3.05) is 25.0 Å². The number of para-hydroxylation sites is 1. The number of hydrogen-bond acceptors (Lipinski definition) is 3. The standard InChI is InChI=1S/C21H24N2O2S/c1-16-7-3-4-8-19(16)22-20(24)15-25-18-11-9-17(10-12-18)21(26)23-13-5-2-6-14-23/h3-4,7-12H,2,5-6,13-15H2,1H3,(H,22,24). The Morgan fingerprint density at radius 2 is 1.77 bits per heavy atom. The van der Waals surface area contributed by atoms with Gasteiger partial charge in [0, 0.05) is 24.3 Å². The summed E-state index contributed by atoms with van der Waals surface area (Å²) in [5, 5.41) is 2.86. The fourth-order valence-electron chi connectivity index (χ4n) is 3.02. The van der Waals surface area contributed by atoms with Gasteiger partial charge in [-0.05, 0) is 62.1 Å². The molecule has 0 bridgehead atoms. The van der Waals surface area contributed by atoms with E-state index >= 15 is 0 Å². The second-order valence-electron chi connectivity index (χ2n) is 6.53. The minimum absolute atomic E-state index is 0.0236. The number of nitrogens with zero attached hydrogens (tertiary/aromatic N) is 1. The highest BCUT2D eigenvalue weighted by molar-refractivity contribution is 7.80. The highest BCUT2D eigenvalue weighted by atomic mass is 32.1. The summed E-state index contributed by atoms with van der Waals surface area (Å²) in [6.07, 6.45) is 3.70. The second-order valence-corrected chi connectivity index (χ2v) is 6.92. The van der Waals surface area contributed by atoms with E-state index in [1.165, 1.54) is 19.3 Å². The number of rotatable bonds is 5. The van der Waals surface area contributed by atoms with Crippen LogP contribution in [0.25, 0.3) is 0 Å². The van der Waals surface area contributed by atoms with Crippen LogP contribution in [-0.4, -0.2) is 35.5 Å². The number of anilines is 1. The normalized spacial score (nSPS) is 14.0. The minimum atomic E-state index is -0.174. The molecular formula is C21H24N2O2S.